The molecule has 0 aliphatic heterocycles. The maximum absolute atomic E-state index is 12.8. The lowest BCUT2D eigenvalue weighted by Crippen LogP contribution is -2.49. The fraction of sp³-hybridized carbons (Fsp3) is 0.375. The highest BCUT2D eigenvalue weighted by Crippen LogP contribution is 2.33. The second kappa shape index (κ2) is 9.55. The summed E-state index contributed by atoms with van der Waals surface area (Å²) < 4.78 is 38.3. The predicted molar refractivity (Wildman–Crippen MR) is 102 cm³/mol. The molecule has 1 aromatic carbocycles. The molecule has 2 aromatic rings. The zero-order valence-electron chi connectivity index (χ0n) is 14.1. The third-order valence-electron chi connectivity index (χ3n) is 3.32. The largest absolute Gasteiger partial charge is 0.416 e. The molecule has 1 heterocycles. The van der Waals surface area contributed by atoms with Crippen LogP contribution < -0.4 is 11.1 Å². The number of nitrogens with two attached hydrogens (primary N) is 1. The summed E-state index contributed by atoms with van der Waals surface area (Å²) in [4.78, 5) is 16.2. The van der Waals surface area contributed by atoms with Crippen LogP contribution in [0.4, 0.5) is 13.2 Å². The Morgan fingerprint density at radius 3 is 2.50 bits per heavy atom. The summed E-state index contributed by atoms with van der Waals surface area (Å²) in [5.41, 5.74) is 5.21. The van der Waals surface area contributed by atoms with E-state index in [9.17, 15) is 18.0 Å². The Kier molecular flexibility index (Phi) is 9.05. The first-order chi connectivity index (χ1) is 11.1. The van der Waals surface area contributed by atoms with Crippen molar-refractivity contribution in [1.82, 2.24) is 10.3 Å². The number of amides is 1. The molecule has 0 saturated heterocycles. The van der Waals surface area contributed by atoms with Crippen LogP contribution in [-0.2, 0) is 17.4 Å². The summed E-state index contributed by atoms with van der Waals surface area (Å²) in [6.07, 6.45) is -4.34. The van der Waals surface area contributed by atoms with E-state index in [0.717, 1.165) is 12.1 Å². The Balaban J connectivity index is 0.00000312. The van der Waals surface area contributed by atoms with Gasteiger partial charge in [-0.15, -0.1) is 36.2 Å². The van der Waals surface area contributed by atoms with Gasteiger partial charge in [-0.3, -0.25) is 4.79 Å². The van der Waals surface area contributed by atoms with Gasteiger partial charge in [-0.2, -0.15) is 13.2 Å². The minimum atomic E-state index is -4.40. The Morgan fingerprint density at radius 2 is 1.92 bits per heavy atom. The predicted octanol–water partition coefficient (Wildman–Crippen LogP) is 4.07. The van der Waals surface area contributed by atoms with Crippen LogP contribution in [-0.4, -0.2) is 23.0 Å². The minimum absolute atomic E-state index is 0. The number of carbonyl (C=O) groups is 1. The number of benzene rings is 1. The molecule has 0 atom stereocenters. The van der Waals surface area contributed by atoms with Gasteiger partial charge in [0.05, 0.1) is 17.7 Å². The Hall–Kier alpha value is -1.35. The molecule has 1 aromatic heterocycles. The average Bonchev–Trinajstić information content (AvgIpc) is 2.94. The van der Waals surface area contributed by atoms with E-state index >= 15 is 0 Å². The monoisotopic (exact) mass is 429 g/mol. The minimum Gasteiger partial charge on any atom is -0.350 e. The van der Waals surface area contributed by atoms with Crippen LogP contribution in [0.5, 0.6) is 0 Å². The van der Waals surface area contributed by atoms with Gasteiger partial charge >= 0.3 is 6.18 Å². The molecule has 146 valence electrons. The molecule has 0 radical (unpaired) electrons. The maximum Gasteiger partial charge on any atom is 0.416 e. The van der Waals surface area contributed by atoms with Gasteiger partial charge in [-0.1, -0.05) is 12.1 Å². The van der Waals surface area contributed by atoms with E-state index in [2.05, 4.69) is 10.3 Å². The summed E-state index contributed by atoms with van der Waals surface area (Å²) >= 11 is 1.20. The van der Waals surface area contributed by atoms with Crippen LogP contribution >= 0.6 is 36.2 Å². The van der Waals surface area contributed by atoms with Gasteiger partial charge < -0.3 is 11.1 Å². The van der Waals surface area contributed by atoms with Crippen LogP contribution in [0, 0.1) is 0 Å². The van der Waals surface area contributed by atoms with E-state index < -0.39 is 17.3 Å². The van der Waals surface area contributed by atoms with Crippen molar-refractivity contribution in [2.75, 3.05) is 6.54 Å². The molecule has 0 aliphatic carbocycles. The van der Waals surface area contributed by atoms with E-state index in [4.69, 9.17) is 5.73 Å². The van der Waals surface area contributed by atoms with Gasteiger partial charge in [0.2, 0.25) is 5.91 Å². The van der Waals surface area contributed by atoms with Crippen molar-refractivity contribution < 1.29 is 18.0 Å². The van der Waals surface area contributed by atoms with E-state index in [1.165, 1.54) is 17.4 Å². The first-order valence-electron chi connectivity index (χ1n) is 7.24. The lowest BCUT2D eigenvalue weighted by molar-refractivity contribution is -0.137. The van der Waals surface area contributed by atoms with Crippen LogP contribution in [0.1, 0.15) is 25.1 Å². The number of nitrogens with one attached hydrogen (secondary N) is 1. The number of rotatable bonds is 5. The number of carbonyl (C=O) groups excluding carboxylic acids is 1. The summed E-state index contributed by atoms with van der Waals surface area (Å²) in [5, 5.41) is 4.90. The summed E-state index contributed by atoms with van der Waals surface area (Å²) in [7, 11) is 0. The van der Waals surface area contributed by atoms with E-state index in [1.54, 1.807) is 25.3 Å². The first kappa shape index (κ1) is 24.7. The smallest absolute Gasteiger partial charge is 0.350 e. The molecule has 26 heavy (non-hydrogen) atoms. The molecule has 0 spiro atoms. The molecule has 2 rings (SSSR count). The van der Waals surface area contributed by atoms with Crippen LogP contribution in [0.15, 0.2) is 29.6 Å². The molecule has 0 saturated carbocycles. The molecule has 0 bridgehead atoms. The zero-order chi connectivity index (χ0) is 18.0. The highest BCUT2D eigenvalue weighted by Gasteiger charge is 2.30. The number of hydrogen-bond donors (Lipinski definition) is 2. The molecule has 10 heteroatoms. The van der Waals surface area contributed by atoms with E-state index in [0.29, 0.717) is 22.8 Å². The molecule has 4 nitrogen and oxygen atoms in total. The quantitative estimate of drug-likeness (QED) is 0.752. The van der Waals surface area contributed by atoms with Crippen molar-refractivity contribution in [2.24, 2.45) is 5.73 Å². The second-order valence-corrected chi connectivity index (χ2v) is 6.89. The topological polar surface area (TPSA) is 68.0 Å². The van der Waals surface area contributed by atoms with Crippen LogP contribution in [0.3, 0.4) is 0 Å². The third kappa shape index (κ3) is 6.75. The molecular weight excluding hydrogens is 410 g/mol. The third-order valence-corrected chi connectivity index (χ3v) is 4.26. The fourth-order valence-electron chi connectivity index (χ4n) is 1.99. The van der Waals surface area contributed by atoms with Crippen molar-refractivity contribution in [3.8, 4) is 10.6 Å². The summed E-state index contributed by atoms with van der Waals surface area (Å²) in [6, 6.07) is 4.98. The molecule has 0 fully saturated rings. The highest BCUT2D eigenvalue weighted by atomic mass is 35.5. The Labute approximate surface area is 166 Å². The number of alkyl halides is 3. The number of halogens is 5. The second-order valence-electron chi connectivity index (χ2n) is 6.04. The summed E-state index contributed by atoms with van der Waals surface area (Å²) in [5.74, 6) is -0.230. The van der Waals surface area contributed by atoms with Crippen molar-refractivity contribution in [3.05, 3.63) is 40.9 Å². The van der Waals surface area contributed by atoms with Crippen molar-refractivity contribution in [1.29, 1.82) is 0 Å². The van der Waals surface area contributed by atoms with Gasteiger partial charge in [0.1, 0.15) is 5.01 Å². The number of nitrogens with zero attached hydrogens (tertiary/aromatic N) is 1. The van der Waals surface area contributed by atoms with E-state index in [1.807, 2.05) is 0 Å². The lowest BCUT2D eigenvalue weighted by atomic mass is 10.1. The van der Waals surface area contributed by atoms with Crippen LogP contribution in [0.2, 0.25) is 0 Å². The number of aromatic nitrogens is 1. The fourth-order valence-corrected chi connectivity index (χ4v) is 2.80. The average molecular weight is 430 g/mol. The molecule has 0 aliphatic rings. The lowest BCUT2D eigenvalue weighted by Gasteiger charge is -2.23. The Bertz CT molecular complexity index is 736. The van der Waals surface area contributed by atoms with Crippen LogP contribution in [0.25, 0.3) is 10.6 Å². The normalized spacial score (nSPS) is 11.3. The highest BCUT2D eigenvalue weighted by molar-refractivity contribution is 7.13. The van der Waals surface area contributed by atoms with Crippen molar-refractivity contribution >= 4 is 42.1 Å². The molecular formula is C16H20Cl2F3N3OS. The maximum atomic E-state index is 12.8. The zero-order valence-corrected chi connectivity index (χ0v) is 16.5. The van der Waals surface area contributed by atoms with Crippen molar-refractivity contribution in [3.63, 3.8) is 0 Å². The van der Waals surface area contributed by atoms with E-state index in [-0.39, 0.29) is 37.1 Å². The van der Waals surface area contributed by atoms with Gasteiger partial charge in [-0.05, 0) is 26.0 Å². The first-order valence-corrected chi connectivity index (χ1v) is 8.12. The van der Waals surface area contributed by atoms with Gasteiger partial charge in [0, 0.05) is 23.0 Å². The number of hydrogen-bond acceptors (Lipinski definition) is 4. The number of thiazole rings is 1. The molecule has 1 amide bonds. The SMILES string of the molecule is CC(C)(CN)NC(=O)Cc1csc(-c2cccc(C(F)(F)F)c2)n1.Cl.Cl. The van der Waals surface area contributed by atoms with Gasteiger partial charge in [-0.25, -0.2) is 4.98 Å². The van der Waals surface area contributed by atoms with Crippen molar-refractivity contribution in [2.45, 2.75) is 32.0 Å². The van der Waals surface area contributed by atoms with Gasteiger partial charge in [0.25, 0.3) is 0 Å². The summed E-state index contributed by atoms with van der Waals surface area (Å²) in [6.45, 7) is 3.91. The molecule has 0 unspecified atom stereocenters. The Morgan fingerprint density at radius 1 is 1.27 bits per heavy atom. The molecule has 3 N–H and O–H groups in total. The standard InChI is InChI=1S/C16H18F3N3OS.2ClH/c1-15(2,9-20)22-13(23)7-12-8-24-14(21-12)10-4-3-5-11(6-10)16(17,18)19;;/h3-6,8H,7,9,20H2,1-2H3,(H,22,23);2*1H. The van der Waals surface area contributed by atoms with Gasteiger partial charge in [0.15, 0.2) is 0 Å².